The maximum absolute atomic E-state index is 6.17. The zero-order chi connectivity index (χ0) is 28.0. The van der Waals surface area contributed by atoms with Crippen LogP contribution in [0.2, 0.25) is 0 Å². The standard InChI is InChI=1S/C27H20NO.C11H8N.Ir/c1-18-13-14-28-25(15-18)23-10-6-9-21(16-23)22-11-12-26-24(17-22)19(2)27(29-26)20-7-4-3-5-8-20;1-2-6-10(7-3-1)11-8-4-5-9-12-11;/h3-9,11-17H,1-2H3;1-6,8-9H;/q2*-1;. The largest absolute Gasteiger partial charge is 0.456 e. The van der Waals surface area contributed by atoms with Gasteiger partial charge in [0.05, 0.1) is 0 Å². The smallest absolute Gasteiger partial charge is 0.138 e. The van der Waals surface area contributed by atoms with Crippen LogP contribution < -0.4 is 0 Å². The average Bonchev–Trinajstić information content (AvgIpc) is 3.38. The Balaban J connectivity index is 0.000000228. The van der Waals surface area contributed by atoms with Crippen LogP contribution in [0.3, 0.4) is 0 Å². The summed E-state index contributed by atoms with van der Waals surface area (Å²) >= 11 is 0. The number of aromatic nitrogens is 2. The molecule has 4 aromatic carbocycles. The molecule has 0 aliphatic rings. The van der Waals surface area contributed by atoms with Gasteiger partial charge in [-0.3, -0.25) is 0 Å². The fourth-order valence-corrected chi connectivity index (χ4v) is 4.82. The maximum atomic E-state index is 6.17. The van der Waals surface area contributed by atoms with E-state index in [1.807, 2.05) is 79.0 Å². The molecule has 0 saturated heterocycles. The van der Waals surface area contributed by atoms with Crippen molar-refractivity contribution >= 4 is 11.0 Å². The summed E-state index contributed by atoms with van der Waals surface area (Å²) in [4.78, 5) is 8.72. The number of rotatable bonds is 4. The van der Waals surface area contributed by atoms with Gasteiger partial charge in [0.25, 0.3) is 0 Å². The quantitative estimate of drug-likeness (QED) is 0.170. The SMILES string of the molecule is Cc1ccnc(-c2[c-]ccc(-c3ccc4oc(-c5ccccc5)c(C)c4c3)c2)c1.[Ir].[c-]1ccccc1-c1ccccn1. The minimum atomic E-state index is 0. The zero-order valence-electron chi connectivity index (χ0n) is 23.3. The molecule has 3 nitrogen and oxygen atoms in total. The van der Waals surface area contributed by atoms with Gasteiger partial charge >= 0.3 is 0 Å². The predicted octanol–water partition coefficient (Wildman–Crippen LogP) is 9.79. The molecule has 0 bridgehead atoms. The van der Waals surface area contributed by atoms with Crippen molar-refractivity contribution in [3.8, 4) is 45.0 Å². The molecule has 0 aliphatic carbocycles. The zero-order valence-corrected chi connectivity index (χ0v) is 25.7. The molecule has 3 aromatic heterocycles. The molecular formula is C38H28IrN2O-2. The third kappa shape index (κ3) is 6.47. The van der Waals surface area contributed by atoms with Gasteiger partial charge in [0, 0.05) is 49.0 Å². The fraction of sp³-hybridized carbons (Fsp3) is 0.0526. The molecule has 7 aromatic rings. The Morgan fingerprint density at radius 3 is 2.10 bits per heavy atom. The number of hydrogen-bond acceptors (Lipinski definition) is 3. The Hall–Kier alpha value is -4.63. The molecule has 4 heteroatoms. The van der Waals surface area contributed by atoms with Crippen LogP contribution >= 0.6 is 0 Å². The predicted molar refractivity (Wildman–Crippen MR) is 167 cm³/mol. The van der Waals surface area contributed by atoms with Crippen LogP contribution in [0, 0.1) is 26.0 Å². The van der Waals surface area contributed by atoms with Gasteiger partial charge < -0.3 is 14.4 Å². The van der Waals surface area contributed by atoms with E-state index in [-0.39, 0.29) is 20.1 Å². The van der Waals surface area contributed by atoms with E-state index >= 15 is 0 Å². The Labute approximate surface area is 260 Å². The van der Waals surface area contributed by atoms with Crippen molar-refractivity contribution in [2.24, 2.45) is 0 Å². The number of nitrogens with zero attached hydrogens (tertiary/aromatic N) is 2. The van der Waals surface area contributed by atoms with Crippen LogP contribution in [0.15, 0.2) is 138 Å². The molecule has 207 valence electrons. The first-order chi connectivity index (χ1) is 20.2. The second-order valence-corrected chi connectivity index (χ2v) is 9.83. The van der Waals surface area contributed by atoms with Crippen molar-refractivity contribution in [2.75, 3.05) is 0 Å². The van der Waals surface area contributed by atoms with Gasteiger partial charge in [-0.15, -0.1) is 71.3 Å². The van der Waals surface area contributed by atoms with Gasteiger partial charge in [-0.25, -0.2) is 0 Å². The monoisotopic (exact) mass is 721 g/mol. The first-order valence-electron chi connectivity index (χ1n) is 13.6. The number of fused-ring (bicyclic) bond motifs is 1. The molecule has 0 N–H and O–H groups in total. The second kappa shape index (κ2) is 13.4. The maximum Gasteiger partial charge on any atom is 0.138 e. The molecule has 7 rings (SSSR count). The third-order valence-electron chi connectivity index (χ3n) is 6.95. The van der Waals surface area contributed by atoms with Crippen molar-refractivity contribution in [3.63, 3.8) is 0 Å². The molecule has 0 unspecified atom stereocenters. The molecule has 0 saturated carbocycles. The first-order valence-corrected chi connectivity index (χ1v) is 13.6. The molecule has 0 amide bonds. The normalized spacial score (nSPS) is 10.4. The van der Waals surface area contributed by atoms with Crippen LogP contribution in [0.1, 0.15) is 11.1 Å². The van der Waals surface area contributed by atoms with Crippen molar-refractivity contribution in [2.45, 2.75) is 13.8 Å². The van der Waals surface area contributed by atoms with Crippen LogP contribution in [0.25, 0.3) is 55.9 Å². The van der Waals surface area contributed by atoms with Crippen molar-refractivity contribution in [3.05, 3.63) is 157 Å². The Morgan fingerprint density at radius 2 is 1.33 bits per heavy atom. The van der Waals surface area contributed by atoms with Crippen molar-refractivity contribution in [1.82, 2.24) is 9.97 Å². The number of benzene rings is 4. The molecule has 42 heavy (non-hydrogen) atoms. The van der Waals surface area contributed by atoms with Gasteiger partial charge in [-0.05, 0) is 55.1 Å². The molecule has 0 atom stereocenters. The van der Waals surface area contributed by atoms with Crippen LogP contribution in [0.5, 0.6) is 0 Å². The summed E-state index contributed by atoms with van der Waals surface area (Å²) in [6.07, 6.45) is 3.63. The number of hydrogen-bond donors (Lipinski definition) is 0. The minimum Gasteiger partial charge on any atom is -0.456 e. The van der Waals surface area contributed by atoms with E-state index < -0.39 is 0 Å². The third-order valence-corrected chi connectivity index (χ3v) is 6.95. The van der Waals surface area contributed by atoms with Crippen LogP contribution in [0.4, 0.5) is 0 Å². The summed E-state index contributed by atoms with van der Waals surface area (Å²) in [5.41, 5.74) is 10.6. The van der Waals surface area contributed by atoms with Crippen LogP contribution in [-0.2, 0) is 20.1 Å². The van der Waals surface area contributed by atoms with Gasteiger partial charge in [0.1, 0.15) is 11.3 Å². The second-order valence-electron chi connectivity index (χ2n) is 9.83. The van der Waals surface area contributed by atoms with Gasteiger partial charge in [-0.2, -0.15) is 0 Å². The van der Waals surface area contributed by atoms with Gasteiger partial charge in [0.15, 0.2) is 0 Å². The van der Waals surface area contributed by atoms with Crippen molar-refractivity contribution in [1.29, 1.82) is 0 Å². The van der Waals surface area contributed by atoms with E-state index in [0.717, 1.165) is 61.5 Å². The Morgan fingerprint density at radius 1 is 0.571 bits per heavy atom. The summed E-state index contributed by atoms with van der Waals surface area (Å²) in [5, 5.41) is 1.14. The Kier molecular flexibility index (Phi) is 9.18. The molecule has 0 fully saturated rings. The Bertz CT molecular complexity index is 1860. The summed E-state index contributed by atoms with van der Waals surface area (Å²) in [7, 11) is 0. The van der Waals surface area contributed by atoms with E-state index in [9.17, 15) is 0 Å². The van der Waals surface area contributed by atoms with Crippen molar-refractivity contribution < 1.29 is 24.5 Å². The number of pyridine rings is 2. The summed E-state index contributed by atoms with van der Waals surface area (Å²) in [6, 6.07) is 47.1. The number of furan rings is 1. The average molecular weight is 721 g/mol. The first kappa shape index (κ1) is 28.9. The molecular weight excluding hydrogens is 693 g/mol. The number of aryl methyl sites for hydroxylation is 2. The van der Waals surface area contributed by atoms with E-state index in [1.54, 1.807) is 6.20 Å². The summed E-state index contributed by atoms with van der Waals surface area (Å²) < 4.78 is 6.17. The van der Waals surface area contributed by atoms with E-state index in [0.29, 0.717) is 0 Å². The van der Waals surface area contributed by atoms with Gasteiger partial charge in [-0.1, -0.05) is 60.2 Å². The summed E-state index contributed by atoms with van der Waals surface area (Å²) in [5.74, 6) is 0.934. The molecule has 0 spiro atoms. The summed E-state index contributed by atoms with van der Waals surface area (Å²) in [6.45, 7) is 4.20. The fourth-order valence-electron chi connectivity index (χ4n) is 4.82. The van der Waals surface area contributed by atoms with Crippen LogP contribution in [-0.4, -0.2) is 9.97 Å². The van der Waals surface area contributed by atoms with E-state index in [2.05, 4.69) is 84.5 Å². The molecule has 0 aliphatic heterocycles. The van der Waals surface area contributed by atoms with E-state index in [4.69, 9.17) is 4.42 Å². The molecule has 3 heterocycles. The molecule has 1 radical (unpaired) electrons. The topological polar surface area (TPSA) is 38.9 Å². The minimum absolute atomic E-state index is 0. The van der Waals surface area contributed by atoms with E-state index in [1.165, 1.54) is 5.56 Å². The van der Waals surface area contributed by atoms with Gasteiger partial charge in [0.2, 0.25) is 0 Å².